The predicted octanol–water partition coefficient (Wildman–Crippen LogP) is -0.200. The number of amides is 2. The van der Waals surface area contributed by atoms with Crippen LogP contribution in [0.3, 0.4) is 0 Å². The van der Waals surface area contributed by atoms with Gasteiger partial charge < -0.3 is 25.3 Å². The van der Waals surface area contributed by atoms with E-state index < -0.39 is 18.0 Å². The Hall–Kier alpha value is -1.33. The number of nitrogens with one attached hydrogen (secondary N) is 1. The Labute approximate surface area is 192 Å². The summed E-state index contributed by atoms with van der Waals surface area (Å²) in [5.74, 6) is -1.98. The van der Waals surface area contributed by atoms with E-state index in [0.29, 0.717) is 31.0 Å². The SMILES string of the molecule is C[C@@H](O)[C@H]1C(=O)N2C(C(=O)O)=C(S[C@H]3C[C@@H](C(=O)N4CCNCC4)N(C)C3)[C@H](C)[C@H]12.Cl. The average Bonchev–Trinajstić information content (AvgIpc) is 3.18. The number of hydrogen-bond acceptors (Lipinski definition) is 7. The third-order valence-electron chi connectivity index (χ3n) is 6.83. The van der Waals surface area contributed by atoms with E-state index in [2.05, 4.69) is 10.2 Å². The summed E-state index contributed by atoms with van der Waals surface area (Å²) in [5, 5.41) is 23.1. The lowest BCUT2D eigenvalue weighted by Gasteiger charge is -2.46. The molecular weight excluding hydrogens is 444 g/mol. The summed E-state index contributed by atoms with van der Waals surface area (Å²) >= 11 is 1.49. The molecule has 0 saturated carbocycles. The van der Waals surface area contributed by atoms with Crippen molar-refractivity contribution < 1.29 is 24.6 Å². The number of carbonyl (C=O) groups excluding carboxylic acids is 2. The van der Waals surface area contributed by atoms with Crippen LogP contribution >= 0.6 is 24.2 Å². The van der Waals surface area contributed by atoms with Crippen LogP contribution in [0.5, 0.6) is 0 Å². The fourth-order valence-corrected chi connectivity index (χ4v) is 6.88. The van der Waals surface area contributed by atoms with E-state index in [4.69, 9.17) is 0 Å². The molecule has 3 N–H and O–H groups in total. The number of aliphatic hydroxyl groups is 1. The molecule has 4 aliphatic heterocycles. The van der Waals surface area contributed by atoms with Crippen LogP contribution in [0, 0.1) is 11.8 Å². The van der Waals surface area contributed by atoms with E-state index in [1.165, 1.54) is 16.7 Å². The summed E-state index contributed by atoms with van der Waals surface area (Å²) in [4.78, 5) is 43.5. The predicted molar refractivity (Wildman–Crippen MR) is 119 cm³/mol. The smallest absolute Gasteiger partial charge is 0.353 e. The molecule has 3 saturated heterocycles. The van der Waals surface area contributed by atoms with E-state index >= 15 is 0 Å². The minimum atomic E-state index is -1.11. The summed E-state index contributed by atoms with van der Waals surface area (Å²) in [6.07, 6.45) is -0.148. The Morgan fingerprint density at radius 3 is 2.48 bits per heavy atom. The van der Waals surface area contributed by atoms with Crippen molar-refractivity contribution in [1.82, 2.24) is 20.0 Å². The Balaban J connectivity index is 0.00000272. The average molecular weight is 475 g/mol. The highest BCUT2D eigenvalue weighted by molar-refractivity contribution is 8.03. The number of thioether (sulfide) groups is 1. The zero-order chi connectivity index (χ0) is 21.7. The lowest BCUT2D eigenvalue weighted by molar-refractivity contribution is -0.163. The zero-order valence-corrected chi connectivity index (χ0v) is 19.6. The van der Waals surface area contributed by atoms with Gasteiger partial charge in [-0.05, 0) is 20.4 Å². The van der Waals surface area contributed by atoms with Crippen molar-refractivity contribution in [3.8, 4) is 0 Å². The summed E-state index contributed by atoms with van der Waals surface area (Å²) in [6.45, 7) is 7.24. The van der Waals surface area contributed by atoms with Gasteiger partial charge in [0.25, 0.3) is 0 Å². The molecule has 4 rings (SSSR count). The molecule has 6 atom stereocenters. The maximum atomic E-state index is 13.0. The van der Waals surface area contributed by atoms with Crippen LogP contribution in [0.1, 0.15) is 20.3 Å². The number of hydrogen-bond donors (Lipinski definition) is 3. The first kappa shape index (κ1) is 24.3. The zero-order valence-electron chi connectivity index (χ0n) is 18.0. The Morgan fingerprint density at radius 2 is 1.90 bits per heavy atom. The molecule has 0 bridgehead atoms. The largest absolute Gasteiger partial charge is 0.477 e. The van der Waals surface area contributed by atoms with Crippen LogP contribution in [-0.4, -0.2) is 106 Å². The van der Waals surface area contributed by atoms with Crippen molar-refractivity contribution in [3.05, 3.63) is 10.6 Å². The molecule has 174 valence electrons. The normalized spacial score (nSPS) is 34.3. The summed E-state index contributed by atoms with van der Waals surface area (Å²) in [5.41, 5.74) is 0.0546. The highest BCUT2D eigenvalue weighted by atomic mass is 35.5. The maximum Gasteiger partial charge on any atom is 0.353 e. The van der Waals surface area contributed by atoms with Crippen molar-refractivity contribution in [2.45, 2.75) is 43.7 Å². The number of nitrogens with zero attached hydrogens (tertiary/aromatic N) is 3. The van der Waals surface area contributed by atoms with Crippen LogP contribution < -0.4 is 5.32 Å². The third-order valence-corrected chi connectivity index (χ3v) is 8.32. The molecule has 0 aliphatic carbocycles. The molecule has 0 radical (unpaired) electrons. The molecule has 0 spiro atoms. The topological polar surface area (TPSA) is 113 Å². The van der Waals surface area contributed by atoms with Gasteiger partial charge in [-0.25, -0.2) is 4.79 Å². The van der Waals surface area contributed by atoms with Crippen LogP contribution in [-0.2, 0) is 14.4 Å². The molecule has 0 aromatic rings. The van der Waals surface area contributed by atoms with E-state index in [9.17, 15) is 24.6 Å². The molecule has 4 aliphatic rings. The fraction of sp³-hybridized carbons (Fsp3) is 0.750. The molecule has 11 heteroatoms. The van der Waals surface area contributed by atoms with Crippen molar-refractivity contribution in [1.29, 1.82) is 0 Å². The number of carboxylic acid groups (broad SMARTS) is 1. The molecular formula is C20H31ClN4O5S. The lowest BCUT2D eigenvalue weighted by atomic mass is 9.79. The van der Waals surface area contributed by atoms with Crippen LogP contribution in [0.4, 0.5) is 0 Å². The Morgan fingerprint density at radius 1 is 1.26 bits per heavy atom. The number of likely N-dealkylation sites (N-methyl/N-ethyl adjacent to an activating group) is 1. The second kappa shape index (κ2) is 9.27. The number of aliphatic hydroxyl groups excluding tert-OH is 1. The van der Waals surface area contributed by atoms with E-state index in [1.54, 1.807) is 6.92 Å². The number of halogens is 1. The second-order valence-electron chi connectivity index (χ2n) is 8.78. The van der Waals surface area contributed by atoms with Crippen molar-refractivity contribution >= 4 is 42.0 Å². The molecule has 0 aromatic carbocycles. The molecule has 9 nitrogen and oxygen atoms in total. The third kappa shape index (κ3) is 4.08. The summed E-state index contributed by atoms with van der Waals surface area (Å²) < 4.78 is 0. The molecule has 4 heterocycles. The van der Waals surface area contributed by atoms with Gasteiger partial charge in [0.05, 0.1) is 24.1 Å². The minimum Gasteiger partial charge on any atom is -0.477 e. The van der Waals surface area contributed by atoms with Gasteiger partial charge in [0.1, 0.15) is 5.70 Å². The summed E-state index contributed by atoms with van der Waals surface area (Å²) in [7, 11) is 1.94. The Bertz CT molecular complexity index is 788. The van der Waals surface area contributed by atoms with Gasteiger partial charge in [0, 0.05) is 48.8 Å². The molecule has 0 unspecified atom stereocenters. The van der Waals surface area contributed by atoms with Crippen LogP contribution in [0.25, 0.3) is 0 Å². The van der Waals surface area contributed by atoms with Gasteiger partial charge in [-0.1, -0.05) is 6.92 Å². The van der Waals surface area contributed by atoms with Gasteiger partial charge in [0.2, 0.25) is 11.8 Å². The fourth-order valence-electron chi connectivity index (χ4n) is 5.28. The number of likely N-dealkylation sites (tertiary alicyclic amines) is 1. The van der Waals surface area contributed by atoms with Crippen LogP contribution in [0.15, 0.2) is 10.6 Å². The van der Waals surface area contributed by atoms with E-state index in [1.807, 2.05) is 18.9 Å². The second-order valence-corrected chi connectivity index (χ2v) is 10.1. The Kier molecular flexibility index (Phi) is 7.27. The van der Waals surface area contributed by atoms with Gasteiger partial charge in [-0.2, -0.15) is 0 Å². The first-order chi connectivity index (χ1) is 14.2. The van der Waals surface area contributed by atoms with Crippen LogP contribution in [0.2, 0.25) is 0 Å². The van der Waals surface area contributed by atoms with E-state index in [0.717, 1.165) is 13.1 Å². The quantitative estimate of drug-likeness (QED) is 0.469. The van der Waals surface area contributed by atoms with E-state index in [-0.39, 0.29) is 53.2 Å². The maximum absolute atomic E-state index is 13.0. The lowest BCUT2D eigenvalue weighted by Crippen LogP contribution is -2.63. The number of carbonyl (C=O) groups is 3. The number of piperazine rings is 1. The number of β-lactam (4-membered cyclic amide) rings is 1. The van der Waals surface area contributed by atoms with Gasteiger partial charge in [-0.3, -0.25) is 14.5 Å². The number of aliphatic carboxylic acids is 1. The van der Waals surface area contributed by atoms with Crippen molar-refractivity contribution in [3.63, 3.8) is 0 Å². The molecule has 31 heavy (non-hydrogen) atoms. The number of fused-ring (bicyclic) bond motifs is 1. The van der Waals surface area contributed by atoms with Gasteiger partial charge in [0.15, 0.2) is 0 Å². The van der Waals surface area contributed by atoms with Crippen molar-refractivity contribution in [2.24, 2.45) is 11.8 Å². The molecule has 3 fully saturated rings. The number of rotatable bonds is 5. The van der Waals surface area contributed by atoms with Gasteiger partial charge >= 0.3 is 5.97 Å². The first-order valence-corrected chi connectivity index (χ1v) is 11.4. The monoisotopic (exact) mass is 474 g/mol. The van der Waals surface area contributed by atoms with Crippen molar-refractivity contribution in [2.75, 3.05) is 39.8 Å². The highest BCUT2D eigenvalue weighted by Gasteiger charge is 2.60. The standard InChI is InChI=1S/C20H30N4O5S.ClH/c1-10-15-14(11(2)25)19(27)24(15)16(20(28)29)17(10)30-12-8-13(22(3)9-12)18(26)23-6-4-21-5-7-23;/h10-15,21,25H,4-9H2,1-3H3,(H,28,29);1H/t10-,11-,12+,13+,14-,15-;/m1./s1. The first-order valence-electron chi connectivity index (χ1n) is 10.6. The molecule has 0 aromatic heterocycles. The molecule has 2 amide bonds. The summed E-state index contributed by atoms with van der Waals surface area (Å²) in [6, 6.07) is -0.501. The minimum absolute atomic E-state index is 0. The number of carboxylic acids is 1. The highest BCUT2D eigenvalue weighted by Crippen LogP contribution is 2.52. The van der Waals surface area contributed by atoms with Gasteiger partial charge in [-0.15, -0.1) is 24.2 Å².